The van der Waals surface area contributed by atoms with E-state index in [9.17, 15) is 13.6 Å². The van der Waals surface area contributed by atoms with Gasteiger partial charge in [0.05, 0.1) is 30.8 Å². The second-order valence-corrected chi connectivity index (χ2v) is 10.6. The van der Waals surface area contributed by atoms with Crippen LogP contribution in [0.25, 0.3) is 16.9 Å². The summed E-state index contributed by atoms with van der Waals surface area (Å²) in [6, 6.07) is 7.48. The molecule has 0 spiro atoms. The number of hydrogen-bond donors (Lipinski definition) is 2. The Balaban J connectivity index is 1.42. The maximum absolute atomic E-state index is 14.2. The van der Waals surface area contributed by atoms with Crippen molar-refractivity contribution in [2.75, 3.05) is 57.2 Å². The fraction of sp³-hybridized carbons (Fsp3) is 0.556. The zero-order valence-corrected chi connectivity index (χ0v) is 22.7. The molecule has 1 saturated carbocycles. The number of carbonyl (C=O) groups excluding carboxylic acids is 1. The Morgan fingerprint density at radius 2 is 1.79 bits per heavy atom. The van der Waals surface area contributed by atoms with Crippen molar-refractivity contribution in [2.45, 2.75) is 51.1 Å². The molecule has 1 aliphatic heterocycles. The summed E-state index contributed by atoms with van der Waals surface area (Å²) in [5, 5.41) is 6.64. The first-order valence-corrected chi connectivity index (χ1v) is 13.5. The van der Waals surface area contributed by atoms with Gasteiger partial charge in [-0.2, -0.15) is 9.97 Å². The van der Waals surface area contributed by atoms with Crippen LogP contribution in [0.15, 0.2) is 24.3 Å². The van der Waals surface area contributed by atoms with Gasteiger partial charge in [-0.05, 0) is 64.4 Å². The van der Waals surface area contributed by atoms with Crippen molar-refractivity contribution in [3.8, 4) is 5.82 Å². The molecule has 39 heavy (non-hydrogen) atoms. The quantitative estimate of drug-likeness (QED) is 0.447. The normalized spacial score (nSPS) is 20.1. The van der Waals surface area contributed by atoms with Crippen LogP contribution in [0.4, 0.5) is 20.5 Å². The summed E-state index contributed by atoms with van der Waals surface area (Å²) in [5.74, 6) is 1.09. The van der Waals surface area contributed by atoms with Crippen LogP contribution < -0.4 is 15.5 Å². The molecule has 210 valence electrons. The number of ether oxygens (including phenoxy) is 1. The summed E-state index contributed by atoms with van der Waals surface area (Å²) in [6.45, 7) is 4.63. The van der Waals surface area contributed by atoms with Gasteiger partial charge < -0.3 is 25.2 Å². The van der Waals surface area contributed by atoms with Crippen molar-refractivity contribution < 1.29 is 18.3 Å². The van der Waals surface area contributed by atoms with E-state index < -0.39 is 6.43 Å². The molecule has 2 aliphatic rings. The molecule has 2 aromatic heterocycles. The molecule has 0 unspecified atom stereocenters. The molecular formula is C27H36F2N8O2. The largest absolute Gasteiger partial charge is 0.378 e. The van der Waals surface area contributed by atoms with Crippen LogP contribution in [0, 0.1) is 6.92 Å². The predicted octanol–water partition coefficient (Wildman–Crippen LogP) is 3.30. The first kappa shape index (κ1) is 27.2. The highest BCUT2D eigenvalue weighted by molar-refractivity contribution is 5.79. The molecule has 10 nitrogen and oxygen atoms in total. The van der Waals surface area contributed by atoms with E-state index in [-0.39, 0.29) is 23.8 Å². The van der Waals surface area contributed by atoms with Gasteiger partial charge in [-0.3, -0.25) is 9.36 Å². The Labute approximate surface area is 226 Å². The number of imidazole rings is 1. The smallest absolute Gasteiger partial charge is 0.296 e. The number of benzene rings is 1. The fourth-order valence-electron chi connectivity index (χ4n) is 5.26. The maximum atomic E-state index is 14.2. The highest BCUT2D eigenvalue weighted by atomic mass is 19.3. The predicted molar refractivity (Wildman–Crippen MR) is 146 cm³/mol. The number of fused-ring (bicyclic) bond motifs is 1. The van der Waals surface area contributed by atoms with Crippen molar-refractivity contribution in [3.05, 3.63) is 35.7 Å². The number of morpholine rings is 1. The Bertz CT molecular complexity index is 1300. The minimum atomic E-state index is -2.77. The molecule has 0 atom stereocenters. The van der Waals surface area contributed by atoms with E-state index >= 15 is 0 Å². The van der Waals surface area contributed by atoms with Crippen LogP contribution in [-0.2, 0) is 9.53 Å². The first-order chi connectivity index (χ1) is 18.8. The zero-order chi connectivity index (χ0) is 27.5. The molecule has 1 aromatic carbocycles. The summed E-state index contributed by atoms with van der Waals surface area (Å²) in [6.07, 6.45) is 0.648. The molecule has 2 N–H and O–H groups in total. The molecule has 12 heteroatoms. The van der Waals surface area contributed by atoms with Gasteiger partial charge in [0.1, 0.15) is 11.6 Å². The summed E-state index contributed by atoms with van der Waals surface area (Å²) < 4.78 is 35.3. The van der Waals surface area contributed by atoms with Gasteiger partial charge in [0.2, 0.25) is 11.9 Å². The molecule has 5 rings (SSSR count). The molecule has 1 saturated heterocycles. The minimum Gasteiger partial charge on any atom is -0.378 e. The fourth-order valence-corrected chi connectivity index (χ4v) is 5.26. The number of alkyl halides is 2. The lowest BCUT2D eigenvalue weighted by atomic mass is 9.91. The van der Waals surface area contributed by atoms with Gasteiger partial charge >= 0.3 is 0 Å². The van der Waals surface area contributed by atoms with Crippen LogP contribution in [0.2, 0.25) is 0 Å². The number of nitrogens with zero attached hydrogens (tertiary/aromatic N) is 6. The van der Waals surface area contributed by atoms with Crippen molar-refractivity contribution in [1.29, 1.82) is 0 Å². The van der Waals surface area contributed by atoms with Crippen molar-refractivity contribution in [1.82, 2.24) is 29.7 Å². The summed E-state index contributed by atoms with van der Waals surface area (Å²) in [7, 11) is 3.75. The van der Waals surface area contributed by atoms with E-state index in [1.54, 1.807) is 12.1 Å². The lowest BCUT2D eigenvalue weighted by Crippen LogP contribution is -2.43. The number of hydrogen-bond acceptors (Lipinski definition) is 8. The second kappa shape index (κ2) is 11.8. The molecule has 3 aromatic rings. The molecule has 1 amide bonds. The van der Waals surface area contributed by atoms with Crippen molar-refractivity contribution in [3.63, 3.8) is 0 Å². The standard InChI is InChI=1S/C27H36F2N8O2/c1-17-4-9-20-21(14-17)37(26(32-20)25(28)29)23-15-22(33-27(34-23)36-10-12-39-13-11-36)30-18-5-7-19(8-6-18)31-24(38)16-35(2)3/h4,9,14-15,18-19,25H,5-8,10-13,16H2,1-3H3,(H,31,38)(H,30,33,34). The molecule has 0 radical (unpaired) electrons. The van der Waals surface area contributed by atoms with Crippen LogP contribution in [-0.4, -0.2) is 89.4 Å². The number of rotatable bonds is 8. The number of nitrogens with one attached hydrogen (secondary N) is 2. The average Bonchev–Trinajstić information content (AvgIpc) is 3.29. The van der Waals surface area contributed by atoms with Gasteiger partial charge in [-0.25, -0.2) is 13.8 Å². The number of aryl methyl sites for hydroxylation is 1. The average molecular weight is 543 g/mol. The lowest BCUT2D eigenvalue weighted by Gasteiger charge is -2.31. The third kappa shape index (κ3) is 6.44. The summed E-state index contributed by atoms with van der Waals surface area (Å²) in [5.41, 5.74) is 2.02. The number of likely N-dealkylation sites (N-methyl/N-ethyl adjacent to an activating group) is 1. The first-order valence-electron chi connectivity index (χ1n) is 13.5. The topological polar surface area (TPSA) is 100 Å². The van der Waals surface area contributed by atoms with Gasteiger partial charge in [0.25, 0.3) is 6.43 Å². The van der Waals surface area contributed by atoms with E-state index in [0.717, 1.165) is 31.2 Å². The maximum Gasteiger partial charge on any atom is 0.296 e. The van der Waals surface area contributed by atoms with Crippen molar-refractivity contribution >= 4 is 28.7 Å². The van der Waals surface area contributed by atoms with Crippen LogP contribution in [0.1, 0.15) is 43.5 Å². The van der Waals surface area contributed by atoms with E-state index in [0.29, 0.717) is 61.5 Å². The Kier molecular flexibility index (Phi) is 8.22. The number of halogens is 2. The van der Waals surface area contributed by atoms with E-state index in [1.165, 1.54) is 4.57 Å². The third-order valence-electron chi connectivity index (χ3n) is 7.16. The van der Waals surface area contributed by atoms with Gasteiger partial charge in [0.15, 0.2) is 5.82 Å². The number of carbonyl (C=O) groups is 1. The van der Waals surface area contributed by atoms with E-state index in [4.69, 9.17) is 14.7 Å². The molecule has 3 heterocycles. The van der Waals surface area contributed by atoms with E-state index in [2.05, 4.69) is 15.6 Å². The van der Waals surface area contributed by atoms with Crippen LogP contribution in [0.5, 0.6) is 0 Å². The Morgan fingerprint density at radius 1 is 1.08 bits per heavy atom. The van der Waals surface area contributed by atoms with Gasteiger partial charge in [-0.15, -0.1) is 0 Å². The number of anilines is 2. The van der Waals surface area contributed by atoms with Crippen molar-refractivity contribution in [2.24, 2.45) is 0 Å². The minimum absolute atomic E-state index is 0.0321. The third-order valence-corrected chi connectivity index (χ3v) is 7.16. The molecule has 2 fully saturated rings. The van der Waals surface area contributed by atoms with Gasteiger partial charge in [-0.1, -0.05) is 6.07 Å². The number of aromatic nitrogens is 4. The molecule has 0 bridgehead atoms. The highest BCUT2D eigenvalue weighted by Gasteiger charge is 2.26. The lowest BCUT2D eigenvalue weighted by molar-refractivity contribution is -0.122. The van der Waals surface area contributed by atoms with Crippen LogP contribution >= 0.6 is 0 Å². The molecular weight excluding hydrogens is 506 g/mol. The monoisotopic (exact) mass is 542 g/mol. The van der Waals surface area contributed by atoms with Gasteiger partial charge in [0, 0.05) is 31.2 Å². The Hall–Kier alpha value is -3.38. The Morgan fingerprint density at radius 3 is 2.49 bits per heavy atom. The summed E-state index contributed by atoms with van der Waals surface area (Å²) in [4.78, 5) is 29.8. The SMILES string of the molecule is Cc1ccc2nc(C(F)F)n(-c3cc(NC4CCC(NC(=O)CN(C)C)CC4)nc(N4CCOCC4)n3)c2c1. The highest BCUT2D eigenvalue weighted by Crippen LogP contribution is 2.30. The second-order valence-electron chi connectivity index (χ2n) is 10.6. The zero-order valence-electron chi connectivity index (χ0n) is 22.7. The summed E-state index contributed by atoms with van der Waals surface area (Å²) >= 11 is 0. The number of amides is 1. The van der Waals surface area contributed by atoms with E-state index in [1.807, 2.05) is 43.0 Å². The molecule has 1 aliphatic carbocycles. The van der Waals surface area contributed by atoms with Crippen LogP contribution in [0.3, 0.4) is 0 Å².